The van der Waals surface area contributed by atoms with Crippen LogP contribution in [0.2, 0.25) is 0 Å². The van der Waals surface area contributed by atoms with Crippen LogP contribution in [0.25, 0.3) is 0 Å². The van der Waals surface area contributed by atoms with Crippen molar-refractivity contribution in [1.29, 1.82) is 0 Å². The van der Waals surface area contributed by atoms with Gasteiger partial charge in [0, 0.05) is 17.3 Å². The number of carbonyl (C=O) groups is 2. The highest BCUT2D eigenvalue weighted by atomic mass is 32.2. The molecule has 1 unspecified atom stereocenters. The molecule has 0 saturated heterocycles. The minimum absolute atomic E-state index is 0.0248. The van der Waals surface area contributed by atoms with Gasteiger partial charge in [0.25, 0.3) is 5.91 Å². The number of methoxy groups -OCH3 is 1. The Kier molecular flexibility index (Phi) is 8.04. The average Bonchev–Trinajstić information content (AvgIpc) is 2.73. The van der Waals surface area contributed by atoms with Crippen molar-refractivity contribution in [3.05, 3.63) is 59.7 Å². The second kappa shape index (κ2) is 10.3. The third-order valence-electron chi connectivity index (χ3n) is 4.16. The van der Waals surface area contributed by atoms with Crippen molar-refractivity contribution in [3.8, 4) is 0 Å². The Hall–Kier alpha value is -2.82. The maximum Gasteiger partial charge on any atom is 0.337 e. The summed E-state index contributed by atoms with van der Waals surface area (Å²) >= 11 is 5.13. The summed E-state index contributed by atoms with van der Waals surface area (Å²) in [5, 5.41) is 5.35. The lowest BCUT2D eigenvalue weighted by atomic mass is 10.1. The Balaban J connectivity index is 2.01. The third-order valence-corrected chi connectivity index (χ3v) is 5.97. The van der Waals surface area contributed by atoms with Gasteiger partial charge in [0.15, 0.2) is 5.11 Å². The fraction of sp³-hybridized carbons (Fsp3) is 0.250. The summed E-state index contributed by atoms with van der Waals surface area (Å²) in [7, 11) is -2.35. The number of nitrogens with one attached hydrogen (secondary N) is 3. The van der Waals surface area contributed by atoms with Crippen molar-refractivity contribution in [2.75, 3.05) is 12.4 Å². The molecule has 0 fully saturated rings. The molecule has 0 saturated carbocycles. The van der Waals surface area contributed by atoms with Crippen LogP contribution in [0.3, 0.4) is 0 Å². The minimum Gasteiger partial charge on any atom is -0.465 e. The molecule has 2 aromatic rings. The maximum atomic E-state index is 12.3. The number of benzene rings is 2. The molecule has 8 nitrogen and oxygen atoms in total. The number of carbonyl (C=O) groups excluding carboxylic acids is 2. The Morgan fingerprint density at radius 3 is 2.33 bits per heavy atom. The van der Waals surface area contributed by atoms with Crippen LogP contribution in [-0.4, -0.2) is 38.6 Å². The van der Waals surface area contributed by atoms with Crippen LogP contribution in [0.4, 0.5) is 5.69 Å². The van der Waals surface area contributed by atoms with Gasteiger partial charge < -0.3 is 10.1 Å². The number of rotatable bonds is 7. The number of thiocarbonyl (C=S) groups is 1. The highest BCUT2D eigenvalue weighted by molar-refractivity contribution is 7.89. The monoisotopic (exact) mass is 449 g/mol. The van der Waals surface area contributed by atoms with E-state index in [0.717, 1.165) is 0 Å². The smallest absolute Gasteiger partial charge is 0.337 e. The third kappa shape index (κ3) is 6.34. The van der Waals surface area contributed by atoms with Gasteiger partial charge >= 0.3 is 5.97 Å². The first-order chi connectivity index (χ1) is 14.2. The molecule has 2 rings (SSSR count). The van der Waals surface area contributed by atoms with Crippen LogP contribution in [0.15, 0.2) is 53.4 Å². The van der Waals surface area contributed by atoms with Crippen molar-refractivity contribution in [2.24, 2.45) is 0 Å². The van der Waals surface area contributed by atoms with Crippen LogP contribution in [0, 0.1) is 0 Å². The molecular formula is C20H23N3O5S2. The van der Waals surface area contributed by atoms with Gasteiger partial charge in [-0.1, -0.05) is 13.0 Å². The SMILES string of the molecule is CCC(C)NS(=O)(=O)c1ccc(NC(=S)NC(=O)c2cccc(C(=O)OC)c2)cc1. The first kappa shape index (κ1) is 23.5. The first-order valence-corrected chi connectivity index (χ1v) is 11.0. The van der Waals surface area contributed by atoms with Crippen molar-refractivity contribution >= 4 is 44.9 Å². The molecule has 10 heteroatoms. The van der Waals surface area contributed by atoms with Gasteiger partial charge in [-0.3, -0.25) is 10.1 Å². The molecule has 0 aliphatic carbocycles. The van der Waals surface area contributed by atoms with Gasteiger partial charge in [0.2, 0.25) is 10.0 Å². The van der Waals surface area contributed by atoms with E-state index in [0.29, 0.717) is 12.1 Å². The molecule has 2 aromatic carbocycles. The lowest BCUT2D eigenvalue weighted by Crippen LogP contribution is -2.34. The predicted molar refractivity (Wildman–Crippen MR) is 118 cm³/mol. The van der Waals surface area contributed by atoms with Crippen LogP contribution in [0.5, 0.6) is 0 Å². The molecule has 30 heavy (non-hydrogen) atoms. The van der Waals surface area contributed by atoms with Crippen molar-refractivity contribution < 1.29 is 22.7 Å². The molecule has 0 aliphatic rings. The van der Waals surface area contributed by atoms with Crippen molar-refractivity contribution in [2.45, 2.75) is 31.2 Å². The second-order valence-electron chi connectivity index (χ2n) is 6.44. The van der Waals surface area contributed by atoms with E-state index in [4.69, 9.17) is 12.2 Å². The number of hydrogen-bond acceptors (Lipinski definition) is 6. The average molecular weight is 450 g/mol. The molecule has 160 valence electrons. The Morgan fingerprint density at radius 1 is 1.10 bits per heavy atom. The quantitative estimate of drug-likeness (QED) is 0.440. The molecule has 1 amide bonds. The van der Waals surface area contributed by atoms with Crippen LogP contribution < -0.4 is 15.4 Å². The van der Waals surface area contributed by atoms with Crippen LogP contribution in [-0.2, 0) is 14.8 Å². The molecule has 0 radical (unpaired) electrons. The summed E-state index contributed by atoms with van der Waals surface area (Å²) in [4.78, 5) is 24.1. The highest BCUT2D eigenvalue weighted by Gasteiger charge is 2.16. The predicted octanol–water partition coefficient (Wildman–Crippen LogP) is 2.68. The van der Waals surface area contributed by atoms with E-state index in [1.165, 1.54) is 37.4 Å². The zero-order valence-electron chi connectivity index (χ0n) is 16.8. The van der Waals surface area contributed by atoms with Crippen LogP contribution >= 0.6 is 12.2 Å². The summed E-state index contributed by atoms with van der Waals surface area (Å²) in [5.74, 6) is -1.06. The summed E-state index contributed by atoms with van der Waals surface area (Å²) in [5.41, 5.74) is 0.984. The minimum atomic E-state index is -3.60. The standard InChI is InChI=1S/C20H23N3O5S2/c1-4-13(2)23-30(26,27)17-10-8-16(9-11-17)21-20(29)22-18(24)14-6-5-7-15(12-14)19(25)28-3/h5-13,23H,4H2,1-3H3,(H2,21,22,24,29). The van der Waals surface area contributed by atoms with Crippen LogP contribution in [0.1, 0.15) is 41.0 Å². The number of esters is 1. The largest absolute Gasteiger partial charge is 0.465 e. The van der Waals surface area contributed by atoms with E-state index in [-0.39, 0.29) is 27.2 Å². The van der Waals surface area contributed by atoms with E-state index >= 15 is 0 Å². The van der Waals surface area contributed by atoms with E-state index in [1.807, 2.05) is 6.92 Å². The molecule has 0 aromatic heterocycles. The number of ether oxygens (including phenoxy) is 1. The maximum absolute atomic E-state index is 12.3. The lowest BCUT2D eigenvalue weighted by molar-refractivity contribution is 0.0600. The molecule has 3 N–H and O–H groups in total. The lowest BCUT2D eigenvalue weighted by Gasteiger charge is -2.13. The second-order valence-corrected chi connectivity index (χ2v) is 8.56. The van der Waals surface area contributed by atoms with Gasteiger partial charge in [-0.05, 0) is 68.0 Å². The molecule has 1 atom stereocenters. The van der Waals surface area contributed by atoms with E-state index in [1.54, 1.807) is 25.1 Å². The Morgan fingerprint density at radius 2 is 1.73 bits per heavy atom. The molecule has 0 aliphatic heterocycles. The molecule has 0 bridgehead atoms. The van der Waals surface area contributed by atoms with E-state index in [9.17, 15) is 18.0 Å². The van der Waals surface area contributed by atoms with Gasteiger partial charge in [-0.25, -0.2) is 17.9 Å². The van der Waals surface area contributed by atoms with Gasteiger partial charge in [0.05, 0.1) is 17.6 Å². The molecule has 0 spiro atoms. The highest BCUT2D eigenvalue weighted by Crippen LogP contribution is 2.15. The summed E-state index contributed by atoms with van der Waals surface area (Å²) in [6, 6.07) is 11.8. The summed E-state index contributed by atoms with van der Waals surface area (Å²) in [6.07, 6.45) is 0.676. The number of anilines is 1. The van der Waals surface area contributed by atoms with E-state index in [2.05, 4.69) is 20.1 Å². The normalized spacial score (nSPS) is 12.0. The first-order valence-electron chi connectivity index (χ1n) is 9.09. The fourth-order valence-electron chi connectivity index (χ4n) is 2.38. The fourth-order valence-corrected chi connectivity index (χ4v) is 3.91. The molecular weight excluding hydrogens is 426 g/mol. The Bertz CT molecular complexity index is 1040. The van der Waals surface area contributed by atoms with Gasteiger partial charge in [-0.15, -0.1) is 0 Å². The van der Waals surface area contributed by atoms with Gasteiger partial charge in [-0.2, -0.15) is 0 Å². The Labute approximate surface area is 181 Å². The number of hydrogen-bond donors (Lipinski definition) is 3. The van der Waals surface area contributed by atoms with Crippen molar-refractivity contribution in [1.82, 2.24) is 10.0 Å². The summed E-state index contributed by atoms with van der Waals surface area (Å²) < 4.78 is 31.8. The number of amides is 1. The number of sulfonamides is 1. The molecule has 0 heterocycles. The van der Waals surface area contributed by atoms with Gasteiger partial charge in [0.1, 0.15) is 0 Å². The topological polar surface area (TPSA) is 114 Å². The zero-order chi connectivity index (χ0) is 22.3. The van der Waals surface area contributed by atoms with Crippen molar-refractivity contribution in [3.63, 3.8) is 0 Å². The zero-order valence-corrected chi connectivity index (χ0v) is 18.4. The van der Waals surface area contributed by atoms with E-state index < -0.39 is 21.9 Å². The summed E-state index contributed by atoms with van der Waals surface area (Å²) in [6.45, 7) is 3.68.